The Morgan fingerprint density at radius 3 is 2.33 bits per heavy atom. The number of rotatable bonds is 6. The minimum Gasteiger partial charge on any atom is -0.371 e. The third-order valence-electron chi connectivity index (χ3n) is 2.84. The Balaban J connectivity index is 2.65. The minimum absolute atomic E-state index is 0.775. The van der Waals surface area contributed by atoms with E-state index in [1.54, 1.807) is 0 Å². The van der Waals surface area contributed by atoms with Crippen molar-refractivity contribution >= 4 is 5.69 Å². The number of benzene rings is 1. The van der Waals surface area contributed by atoms with Crippen molar-refractivity contribution in [3.8, 4) is 0 Å². The lowest BCUT2D eigenvalue weighted by molar-refractivity contribution is 0.541. The molecule has 1 aromatic carbocycles. The molecule has 1 heteroatoms. The predicted octanol–water partition coefficient (Wildman–Crippen LogP) is 3.95. The molecule has 1 nitrogen and oxygen atoms in total. The molecule has 0 saturated heterocycles. The molecule has 15 heavy (non-hydrogen) atoms. The van der Waals surface area contributed by atoms with Crippen molar-refractivity contribution in [3.05, 3.63) is 30.3 Å². The summed E-state index contributed by atoms with van der Waals surface area (Å²) in [5.41, 5.74) is 1.36. The largest absolute Gasteiger partial charge is 0.371 e. The van der Waals surface area contributed by atoms with Crippen LogP contribution >= 0.6 is 0 Å². The maximum absolute atomic E-state index is 2.49. The van der Waals surface area contributed by atoms with Gasteiger partial charge in [-0.05, 0) is 24.5 Å². The van der Waals surface area contributed by atoms with Crippen LogP contribution in [0.3, 0.4) is 0 Å². The maximum Gasteiger partial charge on any atom is 0.0366 e. The van der Waals surface area contributed by atoms with Crippen molar-refractivity contribution in [2.45, 2.75) is 33.6 Å². The molecule has 1 atom stereocenters. The normalized spacial score (nSPS) is 12.5. The zero-order valence-electron chi connectivity index (χ0n) is 10.2. The molecule has 0 bridgehead atoms. The quantitative estimate of drug-likeness (QED) is 0.679. The van der Waals surface area contributed by atoms with Crippen molar-refractivity contribution < 1.29 is 0 Å². The van der Waals surface area contributed by atoms with E-state index in [0.29, 0.717) is 0 Å². The Hall–Kier alpha value is -0.980. The smallest absolute Gasteiger partial charge is 0.0366 e. The molecule has 0 saturated carbocycles. The first-order valence-corrected chi connectivity index (χ1v) is 6.07. The van der Waals surface area contributed by atoms with Crippen molar-refractivity contribution in [1.82, 2.24) is 0 Å². The van der Waals surface area contributed by atoms with Crippen LogP contribution in [0.4, 0.5) is 5.69 Å². The Labute approximate surface area is 94.1 Å². The van der Waals surface area contributed by atoms with Crippen LogP contribution in [-0.2, 0) is 0 Å². The van der Waals surface area contributed by atoms with Gasteiger partial charge in [-0.25, -0.2) is 0 Å². The van der Waals surface area contributed by atoms with Crippen LogP contribution in [0, 0.1) is 5.92 Å². The van der Waals surface area contributed by atoms with Crippen LogP contribution in [0.2, 0.25) is 0 Å². The zero-order chi connectivity index (χ0) is 11.1. The van der Waals surface area contributed by atoms with Crippen molar-refractivity contribution in [1.29, 1.82) is 0 Å². The fourth-order valence-electron chi connectivity index (χ4n) is 1.74. The molecule has 1 aromatic rings. The molecule has 0 spiro atoms. The van der Waals surface area contributed by atoms with Gasteiger partial charge in [0.1, 0.15) is 0 Å². The van der Waals surface area contributed by atoms with Gasteiger partial charge in [0, 0.05) is 18.8 Å². The summed E-state index contributed by atoms with van der Waals surface area (Å²) in [6, 6.07) is 10.7. The lowest BCUT2D eigenvalue weighted by Crippen LogP contribution is -2.28. The lowest BCUT2D eigenvalue weighted by atomic mass is 10.1. The van der Waals surface area contributed by atoms with Gasteiger partial charge in [0.2, 0.25) is 0 Å². The van der Waals surface area contributed by atoms with Crippen LogP contribution in [0.1, 0.15) is 33.6 Å². The molecule has 0 fully saturated rings. The van der Waals surface area contributed by atoms with E-state index in [1.807, 2.05) is 0 Å². The fourth-order valence-corrected chi connectivity index (χ4v) is 1.74. The van der Waals surface area contributed by atoms with E-state index in [2.05, 4.69) is 56.0 Å². The van der Waals surface area contributed by atoms with E-state index in [4.69, 9.17) is 0 Å². The molecule has 1 unspecified atom stereocenters. The Morgan fingerprint density at radius 2 is 1.80 bits per heavy atom. The second kappa shape index (κ2) is 6.49. The standard InChI is InChI=1S/C14H23N/c1-4-11-15(12-13(3)5-2)14-9-7-6-8-10-14/h6-10,13H,4-5,11-12H2,1-3H3. The SMILES string of the molecule is CCCN(CC(C)CC)c1ccccc1. The average Bonchev–Trinajstić information content (AvgIpc) is 2.29. The van der Waals surface area contributed by atoms with Gasteiger partial charge >= 0.3 is 0 Å². The Bertz CT molecular complexity index is 255. The van der Waals surface area contributed by atoms with Crippen LogP contribution < -0.4 is 4.90 Å². The summed E-state index contributed by atoms with van der Waals surface area (Å²) >= 11 is 0. The molecule has 1 rings (SSSR count). The topological polar surface area (TPSA) is 3.24 Å². The highest BCUT2D eigenvalue weighted by molar-refractivity contribution is 5.45. The van der Waals surface area contributed by atoms with Gasteiger partial charge in [0.25, 0.3) is 0 Å². The fraction of sp³-hybridized carbons (Fsp3) is 0.571. The number of anilines is 1. The average molecular weight is 205 g/mol. The first-order chi connectivity index (χ1) is 7.27. The number of nitrogens with zero attached hydrogens (tertiary/aromatic N) is 1. The van der Waals surface area contributed by atoms with E-state index < -0.39 is 0 Å². The Kier molecular flexibility index (Phi) is 5.23. The maximum atomic E-state index is 2.49. The summed E-state index contributed by atoms with van der Waals surface area (Å²) in [5.74, 6) is 0.775. The van der Waals surface area contributed by atoms with Gasteiger partial charge in [0.15, 0.2) is 0 Å². The first-order valence-electron chi connectivity index (χ1n) is 6.07. The molecule has 0 radical (unpaired) electrons. The van der Waals surface area contributed by atoms with Gasteiger partial charge in [-0.3, -0.25) is 0 Å². The van der Waals surface area contributed by atoms with E-state index in [1.165, 1.54) is 25.1 Å². The molecule has 0 heterocycles. The monoisotopic (exact) mass is 205 g/mol. The second-order valence-electron chi connectivity index (χ2n) is 4.29. The molecular formula is C14H23N. The number of hydrogen-bond donors (Lipinski definition) is 0. The van der Waals surface area contributed by atoms with E-state index in [9.17, 15) is 0 Å². The predicted molar refractivity (Wildman–Crippen MR) is 68.4 cm³/mol. The number of para-hydroxylation sites is 1. The molecule has 0 aliphatic rings. The van der Waals surface area contributed by atoms with Crippen LogP contribution in [-0.4, -0.2) is 13.1 Å². The highest BCUT2D eigenvalue weighted by Crippen LogP contribution is 2.16. The summed E-state index contributed by atoms with van der Waals surface area (Å²) in [6.07, 6.45) is 2.47. The Morgan fingerprint density at radius 1 is 1.13 bits per heavy atom. The van der Waals surface area contributed by atoms with Gasteiger partial charge in [-0.2, -0.15) is 0 Å². The van der Waals surface area contributed by atoms with Crippen LogP contribution in [0.5, 0.6) is 0 Å². The van der Waals surface area contributed by atoms with Gasteiger partial charge < -0.3 is 4.90 Å². The molecule has 0 aromatic heterocycles. The first kappa shape index (κ1) is 12.1. The third-order valence-corrected chi connectivity index (χ3v) is 2.84. The van der Waals surface area contributed by atoms with Crippen molar-refractivity contribution in [2.24, 2.45) is 5.92 Å². The molecular weight excluding hydrogens is 182 g/mol. The molecule has 0 aliphatic carbocycles. The molecule has 0 N–H and O–H groups in total. The van der Waals surface area contributed by atoms with Crippen LogP contribution in [0.15, 0.2) is 30.3 Å². The summed E-state index contributed by atoms with van der Waals surface area (Å²) in [6.45, 7) is 9.17. The second-order valence-corrected chi connectivity index (χ2v) is 4.29. The van der Waals surface area contributed by atoms with Crippen molar-refractivity contribution in [2.75, 3.05) is 18.0 Å². The summed E-state index contributed by atoms with van der Waals surface area (Å²) in [5, 5.41) is 0. The van der Waals surface area contributed by atoms with Crippen LogP contribution in [0.25, 0.3) is 0 Å². The van der Waals surface area contributed by atoms with Gasteiger partial charge in [-0.15, -0.1) is 0 Å². The summed E-state index contributed by atoms with van der Waals surface area (Å²) < 4.78 is 0. The van der Waals surface area contributed by atoms with E-state index in [-0.39, 0.29) is 0 Å². The van der Waals surface area contributed by atoms with Gasteiger partial charge in [-0.1, -0.05) is 45.4 Å². The third kappa shape index (κ3) is 3.94. The zero-order valence-corrected chi connectivity index (χ0v) is 10.2. The summed E-state index contributed by atoms with van der Waals surface area (Å²) in [4.78, 5) is 2.49. The van der Waals surface area contributed by atoms with Gasteiger partial charge in [0.05, 0.1) is 0 Å². The molecule has 0 aliphatic heterocycles. The highest BCUT2D eigenvalue weighted by Gasteiger charge is 2.08. The minimum atomic E-state index is 0.775. The highest BCUT2D eigenvalue weighted by atomic mass is 15.1. The van der Waals surface area contributed by atoms with Crippen molar-refractivity contribution in [3.63, 3.8) is 0 Å². The molecule has 84 valence electrons. The lowest BCUT2D eigenvalue weighted by Gasteiger charge is -2.27. The summed E-state index contributed by atoms with van der Waals surface area (Å²) in [7, 11) is 0. The molecule has 0 amide bonds. The number of hydrogen-bond acceptors (Lipinski definition) is 1. The van der Waals surface area contributed by atoms with E-state index in [0.717, 1.165) is 12.5 Å². The van der Waals surface area contributed by atoms with E-state index >= 15 is 0 Å².